The predicted octanol–water partition coefficient (Wildman–Crippen LogP) is -0.170. The van der Waals surface area contributed by atoms with Crippen molar-refractivity contribution in [3.05, 3.63) is 17.6 Å². The second kappa shape index (κ2) is 8.42. The summed E-state index contributed by atoms with van der Waals surface area (Å²) in [4.78, 5) is 35.4. The van der Waals surface area contributed by atoms with Gasteiger partial charge >= 0.3 is 0 Å². The molecule has 1 aromatic rings. The largest absolute Gasteiger partial charge is 0.385 e. The Morgan fingerprint density at radius 2 is 2.09 bits per heavy atom. The molecule has 1 fully saturated rings. The van der Waals surface area contributed by atoms with Crippen molar-refractivity contribution in [3.8, 4) is 0 Å². The van der Waals surface area contributed by atoms with Crippen LogP contribution in [0.2, 0.25) is 0 Å². The van der Waals surface area contributed by atoms with Crippen LogP contribution in [0, 0.1) is 6.92 Å². The first-order valence-electron chi connectivity index (χ1n) is 7.71. The lowest BCUT2D eigenvalue weighted by molar-refractivity contribution is -0.118. The van der Waals surface area contributed by atoms with E-state index in [1.54, 1.807) is 25.0 Å². The van der Waals surface area contributed by atoms with Gasteiger partial charge in [-0.05, 0) is 13.3 Å². The number of methoxy groups -OCH3 is 1. The molecule has 0 aromatic carbocycles. The van der Waals surface area contributed by atoms with Gasteiger partial charge < -0.3 is 19.9 Å². The Balaban J connectivity index is 2.01. The maximum absolute atomic E-state index is 12.2. The van der Waals surface area contributed by atoms with E-state index in [-0.39, 0.29) is 5.91 Å². The van der Waals surface area contributed by atoms with Crippen LogP contribution >= 0.6 is 0 Å². The van der Waals surface area contributed by atoms with Gasteiger partial charge in [-0.15, -0.1) is 0 Å². The van der Waals surface area contributed by atoms with Crippen molar-refractivity contribution in [2.24, 2.45) is 0 Å². The molecule has 2 heterocycles. The highest BCUT2D eigenvalue weighted by molar-refractivity contribution is 5.92. The molecule has 0 radical (unpaired) electrons. The van der Waals surface area contributed by atoms with Gasteiger partial charge in [0.15, 0.2) is 0 Å². The lowest BCUT2D eigenvalue weighted by Crippen LogP contribution is -2.46. The summed E-state index contributed by atoms with van der Waals surface area (Å²) in [5, 5.41) is 2.83. The Hall–Kier alpha value is -2.22. The first-order chi connectivity index (χ1) is 11.1. The molecule has 8 heteroatoms. The highest BCUT2D eigenvalue weighted by Crippen LogP contribution is 2.15. The fourth-order valence-electron chi connectivity index (χ4n) is 2.40. The van der Waals surface area contributed by atoms with Gasteiger partial charge in [0, 0.05) is 52.5 Å². The molecule has 0 spiro atoms. The summed E-state index contributed by atoms with van der Waals surface area (Å²) in [6.45, 7) is 5.63. The third-order valence-electron chi connectivity index (χ3n) is 3.66. The molecule has 1 aromatic heterocycles. The number of ether oxygens (including phenoxy) is 1. The van der Waals surface area contributed by atoms with Crippen LogP contribution in [0.1, 0.15) is 22.7 Å². The number of aromatic nitrogens is 2. The van der Waals surface area contributed by atoms with Crippen LogP contribution in [0.3, 0.4) is 0 Å². The van der Waals surface area contributed by atoms with Gasteiger partial charge in [0.2, 0.25) is 6.41 Å². The van der Waals surface area contributed by atoms with Gasteiger partial charge in [-0.3, -0.25) is 9.59 Å². The first kappa shape index (κ1) is 17.1. The zero-order chi connectivity index (χ0) is 16.7. The average molecular weight is 321 g/mol. The minimum Gasteiger partial charge on any atom is -0.385 e. The van der Waals surface area contributed by atoms with Crippen molar-refractivity contribution >= 4 is 18.1 Å². The van der Waals surface area contributed by atoms with E-state index in [2.05, 4.69) is 20.2 Å². The van der Waals surface area contributed by atoms with Gasteiger partial charge in [-0.2, -0.15) is 0 Å². The first-order valence-corrected chi connectivity index (χ1v) is 7.71. The number of rotatable bonds is 7. The lowest BCUT2D eigenvalue weighted by Gasteiger charge is -2.33. The van der Waals surface area contributed by atoms with E-state index in [0.29, 0.717) is 50.8 Å². The van der Waals surface area contributed by atoms with Crippen molar-refractivity contribution in [2.75, 3.05) is 51.3 Å². The number of nitrogens with zero attached hydrogens (tertiary/aromatic N) is 4. The van der Waals surface area contributed by atoms with E-state index < -0.39 is 0 Å². The highest BCUT2D eigenvalue weighted by Gasteiger charge is 2.19. The zero-order valence-electron chi connectivity index (χ0n) is 13.6. The molecule has 2 amide bonds. The quantitative estimate of drug-likeness (QED) is 0.554. The highest BCUT2D eigenvalue weighted by atomic mass is 16.5. The Bertz CT molecular complexity index is 544. The van der Waals surface area contributed by atoms with E-state index in [9.17, 15) is 9.59 Å². The molecular formula is C15H23N5O3. The number of hydrogen-bond acceptors (Lipinski definition) is 6. The molecule has 2 rings (SSSR count). The Kier molecular flexibility index (Phi) is 6.28. The monoisotopic (exact) mass is 321 g/mol. The Morgan fingerprint density at radius 3 is 2.74 bits per heavy atom. The molecule has 0 bridgehead atoms. The predicted molar refractivity (Wildman–Crippen MR) is 85.4 cm³/mol. The fourth-order valence-corrected chi connectivity index (χ4v) is 2.40. The molecule has 1 N–H and O–H groups in total. The number of carbonyl (C=O) groups excluding carboxylic acids is 2. The summed E-state index contributed by atoms with van der Waals surface area (Å²) >= 11 is 0. The third kappa shape index (κ3) is 4.88. The Labute approximate surface area is 135 Å². The van der Waals surface area contributed by atoms with Gasteiger partial charge in [-0.25, -0.2) is 9.97 Å². The van der Waals surface area contributed by atoms with E-state index in [4.69, 9.17) is 4.74 Å². The molecule has 1 saturated heterocycles. The fraction of sp³-hybridized carbons (Fsp3) is 0.600. The summed E-state index contributed by atoms with van der Waals surface area (Å²) in [7, 11) is 1.63. The Morgan fingerprint density at radius 1 is 1.35 bits per heavy atom. The number of amides is 2. The molecule has 126 valence electrons. The zero-order valence-corrected chi connectivity index (χ0v) is 13.6. The van der Waals surface area contributed by atoms with E-state index in [1.165, 1.54) is 0 Å². The number of aryl methyl sites for hydroxylation is 1. The standard InChI is InChI=1S/C15H23N5O3/c1-12-17-13(15(22)16-4-3-9-23-2)10-14(18-12)20-7-5-19(11-21)6-8-20/h10-11H,3-9H2,1-2H3,(H,16,22). The molecule has 1 aliphatic heterocycles. The van der Waals surface area contributed by atoms with Crippen LogP contribution in [0.25, 0.3) is 0 Å². The molecule has 23 heavy (non-hydrogen) atoms. The summed E-state index contributed by atoms with van der Waals surface area (Å²) < 4.78 is 4.95. The normalized spacial score (nSPS) is 14.7. The van der Waals surface area contributed by atoms with E-state index in [1.807, 2.05) is 0 Å². The van der Waals surface area contributed by atoms with Crippen LogP contribution in [0.15, 0.2) is 6.07 Å². The van der Waals surface area contributed by atoms with Crippen LogP contribution < -0.4 is 10.2 Å². The third-order valence-corrected chi connectivity index (χ3v) is 3.66. The molecule has 0 unspecified atom stereocenters. The maximum atomic E-state index is 12.2. The SMILES string of the molecule is COCCCNC(=O)c1cc(N2CCN(C=O)CC2)nc(C)n1. The van der Waals surface area contributed by atoms with Crippen LogP contribution in [-0.4, -0.2) is 73.6 Å². The lowest BCUT2D eigenvalue weighted by atomic mass is 10.3. The average Bonchev–Trinajstić information content (AvgIpc) is 2.58. The van der Waals surface area contributed by atoms with Gasteiger partial charge in [0.1, 0.15) is 17.3 Å². The number of carbonyl (C=O) groups is 2. The van der Waals surface area contributed by atoms with Crippen LogP contribution in [0.4, 0.5) is 5.82 Å². The van der Waals surface area contributed by atoms with Gasteiger partial charge in [-0.1, -0.05) is 0 Å². The maximum Gasteiger partial charge on any atom is 0.270 e. The summed E-state index contributed by atoms with van der Waals surface area (Å²) in [5.74, 6) is 1.08. The molecule has 0 saturated carbocycles. The smallest absolute Gasteiger partial charge is 0.270 e. The summed E-state index contributed by atoms with van der Waals surface area (Å²) in [5.41, 5.74) is 0.364. The molecule has 0 aliphatic carbocycles. The number of hydrogen-bond donors (Lipinski definition) is 1. The van der Waals surface area contributed by atoms with Gasteiger partial charge in [0.25, 0.3) is 5.91 Å². The van der Waals surface area contributed by atoms with Crippen molar-refractivity contribution in [1.82, 2.24) is 20.2 Å². The van der Waals surface area contributed by atoms with Crippen molar-refractivity contribution in [2.45, 2.75) is 13.3 Å². The number of anilines is 1. The number of piperazine rings is 1. The molecule has 1 aliphatic rings. The minimum atomic E-state index is -0.209. The summed E-state index contributed by atoms with van der Waals surface area (Å²) in [6.07, 6.45) is 1.62. The van der Waals surface area contributed by atoms with E-state index in [0.717, 1.165) is 18.6 Å². The molecule has 8 nitrogen and oxygen atoms in total. The van der Waals surface area contributed by atoms with Crippen molar-refractivity contribution < 1.29 is 14.3 Å². The van der Waals surface area contributed by atoms with Crippen LogP contribution in [-0.2, 0) is 9.53 Å². The molecular weight excluding hydrogens is 298 g/mol. The second-order valence-corrected chi connectivity index (χ2v) is 5.39. The molecule has 0 atom stereocenters. The van der Waals surface area contributed by atoms with E-state index >= 15 is 0 Å². The van der Waals surface area contributed by atoms with Crippen LogP contribution in [0.5, 0.6) is 0 Å². The topological polar surface area (TPSA) is 87.7 Å². The second-order valence-electron chi connectivity index (χ2n) is 5.39. The number of nitrogens with one attached hydrogen (secondary N) is 1. The summed E-state index contributed by atoms with van der Waals surface area (Å²) in [6, 6.07) is 1.70. The van der Waals surface area contributed by atoms with Crippen molar-refractivity contribution in [3.63, 3.8) is 0 Å². The van der Waals surface area contributed by atoms with Gasteiger partial charge in [0.05, 0.1) is 0 Å². The van der Waals surface area contributed by atoms with Crippen molar-refractivity contribution in [1.29, 1.82) is 0 Å². The minimum absolute atomic E-state index is 0.209.